The molecule has 1 aliphatic rings. The Balaban J connectivity index is 1.39. The summed E-state index contributed by atoms with van der Waals surface area (Å²) in [5.74, 6) is 0.0845. The molecule has 1 fully saturated rings. The van der Waals surface area contributed by atoms with Crippen molar-refractivity contribution in [1.29, 1.82) is 0 Å². The molecule has 3 aromatic rings. The molecule has 3 heterocycles. The van der Waals surface area contributed by atoms with Crippen LogP contribution in [0.1, 0.15) is 4.88 Å². The number of rotatable bonds is 3. The highest BCUT2D eigenvalue weighted by atomic mass is 79.9. The van der Waals surface area contributed by atoms with Crippen LogP contribution in [0.25, 0.3) is 16.3 Å². The average molecular weight is 434 g/mol. The van der Waals surface area contributed by atoms with E-state index < -0.39 is 0 Å². The van der Waals surface area contributed by atoms with Crippen LogP contribution >= 0.6 is 38.6 Å². The number of hydrogen-bond donors (Lipinski definition) is 0. The minimum atomic E-state index is 0.0845. The van der Waals surface area contributed by atoms with Gasteiger partial charge in [-0.3, -0.25) is 4.79 Å². The summed E-state index contributed by atoms with van der Waals surface area (Å²) < 4.78 is 2.25. The molecule has 4 nitrogen and oxygen atoms in total. The molecule has 1 aliphatic heterocycles. The normalized spacial score (nSPS) is 15.4. The molecule has 0 unspecified atom stereocenters. The summed E-state index contributed by atoms with van der Waals surface area (Å²) in [6.07, 6.45) is 3.57. The number of halogens is 1. The first-order valence-corrected chi connectivity index (χ1v) is 10.5. The number of fused-ring (bicyclic) bond motifs is 1. The summed E-state index contributed by atoms with van der Waals surface area (Å²) in [4.78, 5) is 22.3. The molecule has 0 N–H and O–H groups in total. The van der Waals surface area contributed by atoms with Gasteiger partial charge in [-0.1, -0.05) is 33.3 Å². The molecule has 4 rings (SSSR count). The van der Waals surface area contributed by atoms with Gasteiger partial charge in [0.1, 0.15) is 0 Å². The summed E-state index contributed by atoms with van der Waals surface area (Å²) in [6, 6.07) is 10.2. The smallest absolute Gasteiger partial charge is 0.246 e. The van der Waals surface area contributed by atoms with Crippen molar-refractivity contribution in [2.24, 2.45) is 0 Å². The van der Waals surface area contributed by atoms with Crippen LogP contribution in [0, 0.1) is 0 Å². The second-order valence-corrected chi connectivity index (χ2v) is 8.67. The summed E-state index contributed by atoms with van der Waals surface area (Å²) in [7, 11) is 0. The molecule has 0 saturated carbocycles. The fraction of sp³-hybridized carbons (Fsp3) is 0.222. The summed E-state index contributed by atoms with van der Waals surface area (Å²) in [5, 5.41) is 3.05. The minimum absolute atomic E-state index is 0.0845. The standard InChI is InChI=1S/C18H16BrN3OS2/c19-13-3-5-15-16(12-13)25-18(20-15)22-9-7-21(8-10-22)17(23)6-4-14-2-1-11-24-14/h1-6,11-12H,7-10H2/b6-4+. The number of nitrogens with zero attached hydrogens (tertiary/aromatic N) is 3. The number of carbonyl (C=O) groups excluding carboxylic acids is 1. The predicted octanol–water partition coefficient (Wildman–Crippen LogP) is 4.48. The van der Waals surface area contributed by atoms with E-state index in [0.717, 1.165) is 46.2 Å². The lowest BCUT2D eigenvalue weighted by Gasteiger charge is -2.34. The second-order valence-electron chi connectivity index (χ2n) is 5.77. The zero-order valence-electron chi connectivity index (χ0n) is 13.4. The number of thiophene rings is 1. The molecule has 2 aromatic heterocycles. The Morgan fingerprint density at radius 3 is 2.80 bits per heavy atom. The van der Waals surface area contributed by atoms with E-state index in [0.29, 0.717) is 0 Å². The van der Waals surface area contributed by atoms with E-state index in [-0.39, 0.29) is 5.91 Å². The third-order valence-corrected chi connectivity index (χ3v) is 6.54. The molecule has 0 radical (unpaired) electrons. The van der Waals surface area contributed by atoms with Crippen molar-refractivity contribution >= 4 is 65.9 Å². The lowest BCUT2D eigenvalue weighted by Crippen LogP contribution is -2.48. The van der Waals surface area contributed by atoms with E-state index in [4.69, 9.17) is 4.98 Å². The Hall–Kier alpha value is -1.70. The highest BCUT2D eigenvalue weighted by Gasteiger charge is 2.22. The molecule has 0 aliphatic carbocycles. The average Bonchev–Trinajstić information content (AvgIpc) is 3.29. The SMILES string of the molecule is O=C(/C=C/c1cccs1)N1CCN(c2nc3ccc(Br)cc3s2)CC1. The first kappa shape index (κ1) is 16.8. The largest absolute Gasteiger partial charge is 0.345 e. The van der Waals surface area contributed by atoms with Gasteiger partial charge in [0.2, 0.25) is 5.91 Å². The predicted molar refractivity (Wildman–Crippen MR) is 109 cm³/mol. The lowest BCUT2D eigenvalue weighted by atomic mass is 10.3. The molecular formula is C18H16BrN3OS2. The Bertz CT molecular complexity index is 912. The highest BCUT2D eigenvalue weighted by molar-refractivity contribution is 9.10. The van der Waals surface area contributed by atoms with Crippen molar-refractivity contribution in [3.8, 4) is 0 Å². The fourth-order valence-corrected chi connectivity index (χ4v) is 4.97. The van der Waals surface area contributed by atoms with Crippen LogP contribution < -0.4 is 4.90 Å². The molecule has 1 saturated heterocycles. The van der Waals surface area contributed by atoms with Gasteiger partial charge in [0, 0.05) is 41.6 Å². The molecule has 0 spiro atoms. The van der Waals surface area contributed by atoms with Crippen molar-refractivity contribution in [1.82, 2.24) is 9.88 Å². The maximum atomic E-state index is 12.3. The van der Waals surface area contributed by atoms with E-state index in [1.54, 1.807) is 28.7 Å². The van der Waals surface area contributed by atoms with Crippen LogP contribution in [0.4, 0.5) is 5.13 Å². The first-order chi connectivity index (χ1) is 12.2. The Morgan fingerprint density at radius 2 is 2.04 bits per heavy atom. The van der Waals surface area contributed by atoms with E-state index >= 15 is 0 Å². The van der Waals surface area contributed by atoms with Crippen LogP contribution in [0.15, 0.2) is 46.3 Å². The number of amides is 1. The van der Waals surface area contributed by atoms with Gasteiger partial charge < -0.3 is 9.80 Å². The zero-order chi connectivity index (χ0) is 17.2. The van der Waals surface area contributed by atoms with Gasteiger partial charge in [-0.05, 0) is 35.7 Å². The van der Waals surface area contributed by atoms with Crippen LogP contribution in [-0.4, -0.2) is 42.0 Å². The summed E-state index contributed by atoms with van der Waals surface area (Å²) in [5.41, 5.74) is 1.03. The van der Waals surface area contributed by atoms with Gasteiger partial charge >= 0.3 is 0 Å². The molecule has 0 bridgehead atoms. The molecule has 7 heteroatoms. The topological polar surface area (TPSA) is 36.4 Å². The number of benzene rings is 1. The zero-order valence-corrected chi connectivity index (χ0v) is 16.6. The van der Waals surface area contributed by atoms with Gasteiger partial charge in [0.15, 0.2) is 5.13 Å². The molecule has 25 heavy (non-hydrogen) atoms. The maximum Gasteiger partial charge on any atom is 0.246 e. The van der Waals surface area contributed by atoms with E-state index in [1.807, 2.05) is 40.6 Å². The fourth-order valence-electron chi connectivity index (χ4n) is 2.78. The molecular weight excluding hydrogens is 418 g/mol. The number of piperazine rings is 1. The third kappa shape index (κ3) is 3.78. The molecule has 0 atom stereocenters. The summed E-state index contributed by atoms with van der Waals surface area (Å²) >= 11 is 6.85. The Labute approximate surface area is 162 Å². The lowest BCUT2D eigenvalue weighted by molar-refractivity contribution is -0.126. The van der Waals surface area contributed by atoms with Gasteiger partial charge in [-0.15, -0.1) is 11.3 Å². The number of carbonyl (C=O) groups is 1. The van der Waals surface area contributed by atoms with E-state index in [2.05, 4.69) is 26.9 Å². The number of thiazole rings is 1. The van der Waals surface area contributed by atoms with Crippen molar-refractivity contribution in [2.75, 3.05) is 31.1 Å². The van der Waals surface area contributed by atoms with Crippen molar-refractivity contribution < 1.29 is 4.79 Å². The minimum Gasteiger partial charge on any atom is -0.345 e. The molecule has 128 valence electrons. The van der Waals surface area contributed by atoms with Gasteiger partial charge in [-0.25, -0.2) is 4.98 Å². The monoisotopic (exact) mass is 433 g/mol. The highest BCUT2D eigenvalue weighted by Crippen LogP contribution is 2.31. The Kier molecular flexibility index (Phi) is 4.87. The quantitative estimate of drug-likeness (QED) is 0.571. The van der Waals surface area contributed by atoms with Crippen LogP contribution in [0.3, 0.4) is 0 Å². The van der Waals surface area contributed by atoms with Gasteiger partial charge in [0.25, 0.3) is 0 Å². The van der Waals surface area contributed by atoms with E-state index in [1.165, 1.54) is 4.70 Å². The molecule has 1 aromatic carbocycles. The van der Waals surface area contributed by atoms with Gasteiger partial charge in [0.05, 0.1) is 10.2 Å². The second kappa shape index (κ2) is 7.27. The number of hydrogen-bond acceptors (Lipinski definition) is 5. The van der Waals surface area contributed by atoms with Crippen LogP contribution in [0.2, 0.25) is 0 Å². The third-order valence-electron chi connectivity index (χ3n) is 4.13. The van der Waals surface area contributed by atoms with Gasteiger partial charge in [-0.2, -0.15) is 0 Å². The van der Waals surface area contributed by atoms with Crippen molar-refractivity contribution in [3.05, 3.63) is 51.1 Å². The molecule has 1 amide bonds. The number of anilines is 1. The maximum absolute atomic E-state index is 12.3. The Morgan fingerprint density at radius 1 is 1.20 bits per heavy atom. The van der Waals surface area contributed by atoms with Crippen molar-refractivity contribution in [2.45, 2.75) is 0 Å². The summed E-state index contributed by atoms with van der Waals surface area (Å²) in [6.45, 7) is 3.10. The van der Waals surface area contributed by atoms with E-state index in [9.17, 15) is 4.79 Å². The van der Waals surface area contributed by atoms with Crippen LogP contribution in [-0.2, 0) is 4.79 Å². The van der Waals surface area contributed by atoms with Crippen molar-refractivity contribution in [3.63, 3.8) is 0 Å². The number of aromatic nitrogens is 1. The first-order valence-electron chi connectivity index (χ1n) is 8.00. The van der Waals surface area contributed by atoms with Crippen LogP contribution in [0.5, 0.6) is 0 Å².